The first kappa shape index (κ1) is 16.7. The smallest absolute Gasteiger partial charge is 0.197 e. The molecule has 1 heterocycles. The summed E-state index contributed by atoms with van der Waals surface area (Å²) >= 11 is 0. The molecule has 2 aromatic carbocycles. The maximum absolute atomic E-state index is 13.4. The number of pyridine rings is 1. The lowest BCUT2D eigenvalue weighted by Crippen LogP contribution is -2.10. The number of rotatable bonds is 6. The van der Waals surface area contributed by atoms with Crippen LogP contribution >= 0.6 is 0 Å². The maximum Gasteiger partial charge on any atom is 0.197 e. The van der Waals surface area contributed by atoms with Gasteiger partial charge >= 0.3 is 0 Å². The van der Waals surface area contributed by atoms with Crippen molar-refractivity contribution in [3.8, 4) is 22.6 Å². The lowest BCUT2D eigenvalue weighted by molar-refractivity contribution is 0.320. The van der Waals surface area contributed by atoms with Crippen LogP contribution in [0.3, 0.4) is 0 Å². The van der Waals surface area contributed by atoms with Crippen molar-refractivity contribution in [1.29, 1.82) is 0 Å². The van der Waals surface area contributed by atoms with Crippen molar-refractivity contribution in [2.45, 2.75) is 32.1 Å². The van der Waals surface area contributed by atoms with E-state index >= 15 is 0 Å². The number of nitrogens with one attached hydrogen (secondary N) is 1. The second-order valence-electron chi connectivity index (χ2n) is 6.79. The van der Waals surface area contributed by atoms with Crippen LogP contribution in [0.2, 0.25) is 0 Å². The minimum absolute atomic E-state index is 0.0627. The van der Waals surface area contributed by atoms with Crippen molar-refractivity contribution in [2.24, 2.45) is 0 Å². The lowest BCUT2D eigenvalue weighted by Gasteiger charge is -2.13. The van der Waals surface area contributed by atoms with Crippen LogP contribution in [-0.4, -0.2) is 18.7 Å². The number of hydrogen-bond acceptors (Lipinski definition) is 3. The molecule has 1 saturated carbocycles. The van der Waals surface area contributed by atoms with E-state index < -0.39 is 0 Å². The van der Waals surface area contributed by atoms with Crippen LogP contribution in [0, 0.1) is 0 Å². The van der Waals surface area contributed by atoms with Gasteiger partial charge in [-0.05, 0) is 54.5 Å². The second kappa shape index (κ2) is 6.87. The summed E-state index contributed by atoms with van der Waals surface area (Å²) in [6.45, 7) is 2.71. The topological polar surface area (TPSA) is 51.3 Å². The summed E-state index contributed by atoms with van der Waals surface area (Å²) < 4.78 is 11.1. The van der Waals surface area contributed by atoms with E-state index in [-0.39, 0.29) is 5.43 Å². The van der Waals surface area contributed by atoms with Crippen LogP contribution in [0.15, 0.2) is 47.4 Å². The van der Waals surface area contributed by atoms with E-state index in [1.807, 2.05) is 30.3 Å². The van der Waals surface area contributed by atoms with Gasteiger partial charge in [-0.3, -0.25) is 4.79 Å². The van der Waals surface area contributed by atoms with Crippen molar-refractivity contribution >= 4 is 10.9 Å². The average Bonchev–Trinajstić information content (AvgIpc) is 3.52. The minimum Gasteiger partial charge on any atom is -0.497 e. The highest BCUT2D eigenvalue weighted by molar-refractivity contribution is 5.91. The van der Waals surface area contributed by atoms with Crippen LogP contribution in [-0.2, 0) is 0 Å². The van der Waals surface area contributed by atoms with Gasteiger partial charge in [0.25, 0.3) is 0 Å². The Kier molecular flexibility index (Phi) is 4.41. The van der Waals surface area contributed by atoms with Crippen LogP contribution in [0.25, 0.3) is 22.0 Å². The van der Waals surface area contributed by atoms with E-state index in [0.717, 1.165) is 52.8 Å². The standard InChI is InChI=1S/C22H23NO3/c1-3-12-26-19-11-10-17(14-4-5-14)20-21(19)23-13-18(22(20)24)15-6-8-16(25-2)9-7-15/h6-11,13-14H,3-5,12H2,1-2H3,(H,23,24). The molecular weight excluding hydrogens is 326 g/mol. The Bertz CT molecular complexity index is 985. The maximum atomic E-state index is 13.4. The molecule has 1 aromatic heterocycles. The zero-order valence-corrected chi connectivity index (χ0v) is 15.2. The molecule has 0 saturated heterocycles. The number of benzene rings is 2. The van der Waals surface area contributed by atoms with Gasteiger partial charge < -0.3 is 14.5 Å². The minimum atomic E-state index is 0.0627. The fourth-order valence-corrected chi connectivity index (χ4v) is 3.38. The largest absolute Gasteiger partial charge is 0.497 e. The normalized spacial score (nSPS) is 13.8. The summed E-state index contributed by atoms with van der Waals surface area (Å²) in [5.74, 6) is 2.02. The van der Waals surface area contributed by atoms with Gasteiger partial charge in [0, 0.05) is 11.8 Å². The summed E-state index contributed by atoms with van der Waals surface area (Å²) in [5.41, 5.74) is 3.57. The number of H-pyrrole nitrogens is 1. The zero-order valence-electron chi connectivity index (χ0n) is 15.2. The molecule has 0 unspecified atom stereocenters. The Hall–Kier alpha value is -2.75. The number of aromatic nitrogens is 1. The first-order chi connectivity index (χ1) is 12.7. The fourth-order valence-electron chi connectivity index (χ4n) is 3.38. The van der Waals surface area contributed by atoms with Gasteiger partial charge in [0.15, 0.2) is 5.43 Å². The molecule has 0 atom stereocenters. The molecule has 1 aliphatic carbocycles. The number of fused-ring (bicyclic) bond motifs is 1. The molecule has 1 fully saturated rings. The van der Waals surface area contributed by atoms with Gasteiger partial charge in [0.1, 0.15) is 11.5 Å². The highest BCUT2D eigenvalue weighted by atomic mass is 16.5. The van der Waals surface area contributed by atoms with Crippen molar-refractivity contribution in [3.05, 3.63) is 58.4 Å². The first-order valence-electron chi connectivity index (χ1n) is 9.18. The summed E-state index contributed by atoms with van der Waals surface area (Å²) in [7, 11) is 1.64. The third-order valence-corrected chi connectivity index (χ3v) is 4.91. The molecular formula is C22H23NO3. The molecule has 3 aromatic rings. The van der Waals surface area contributed by atoms with E-state index in [9.17, 15) is 4.79 Å². The third-order valence-electron chi connectivity index (χ3n) is 4.91. The monoisotopic (exact) mass is 349 g/mol. The van der Waals surface area contributed by atoms with E-state index in [0.29, 0.717) is 18.1 Å². The number of methoxy groups -OCH3 is 1. The van der Waals surface area contributed by atoms with E-state index in [1.54, 1.807) is 13.3 Å². The highest BCUT2D eigenvalue weighted by Crippen LogP contribution is 2.43. The summed E-state index contributed by atoms with van der Waals surface area (Å²) in [6, 6.07) is 11.7. The highest BCUT2D eigenvalue weighted by Gasteiger charge is 2.28. The number of aromatic amines is 1. The van der Waals surface area contributed by atoms with Crippen molar-refractivity contribution in [1.82, 2.24) is 4.98 Å². The Balaban J connectivity index is 1.89. The molecule has 0 spiro atoms. The van der Waals surface area contributed by atoms with Crippen molar-refractivity contribution in [2.75, 3.05) is 13.7 Å². The molecule has 4 heteroatoms. The molecule has 0 amide bonds. The van der Waals surface area contributed by atoms with Crippen LogP contribution in [0.5, 0.6) is 11.5 Å². The number of hydrogen-bond donors (Lipinski definition) is 1. The average molecular weight is 349 g/mol. The van der Waals surface area contributed by atoms with Gasteiger partial charge in [-0.15, -0.1) is 0 Å². The van der Waals surface area contributed by atoms with Crippen LogP contribution in [0.1, 0.15) is 37.7 Å². The molecule has 134 valence electrons. The van der Waals surface area contributed by atoms with Gasteiger partial charge in [-0.2, -0.15) is 0 Å². The van der Waals surface area contributed by atoms with Gasteiger partial charge in [-0.25, -0.2) is 0 Å². The van der Waals surface area contributed by atoms with E-state index in [1.165, 1.54) is 0 Å². The molecule has 4 nitrogen and oxygen atoms in total. The van der Waals surface area contributed by atoms with Crippen molar-refractivity contribution in [3.63, 3.8) is 0 Å². The predicted octanol–water partition coefficient (Wildman–Crippen LogP) is 4.87. The molecule has 4 rings (SSSR count). The van der Waals surface area contributed by atoms with Gasteiger partial charge in [-0.1, -0.05) is 25.1 Å². The summed E-state index contributed by atoms with van der Waals surface area (Å²) in [4.78, 5) is 16.7. The molecule has 1 N–H and O–H groups in total. The van der Waals surface area contributed by atoms with E-state index in [2.05, 4.69) is 18.0 Å². The molecule has 26 heavy (non-hydrogen) atoms. The third kappa shape index (κ3) is 2.96. The Labute approximate surface area is 152 Å². The quantitative estimate of drug-likeness (QED) is 0.691. The molecule has 0 radical (unpaired) electrons. The zero-order chi connectivity index (χ0) is 18.1. The van der Waals surface area contributed by atoms with Gasteiger partial charge in [0.05, 0.1) is 24.6 Å². The van der Waals surface area contributed by atoms with Gasteiger partial charge in [0.2, 0.25) is 0 Å². The SMILES string of the molecule is CCCOc1ccc(C2CC2)c2c(=O)c(-c3ccc(OC)cc3)c[nH]c12. The second-order valence-corrected chi connectivity index (χ2v) is 6.79. The van der Waals surface area contributed by atoms with E-state index in [4.69, 9.17) is 9.47 Å². The number of ether oxygens (including phenoxy) is 2. The van der Waals surface area contributed by atoms with Crippen LogP contribution in [0.4, 0.5) is 0 Å². The Morgan fingerprint density at radius 2 is 1.88 bits per heavy atom. The summed E-state index contributed by atoms with van der Waals surface area (Å²) in [5, 5.41) is 0.773. The Morgan fingerprint density at radius 1 is 1.12 bits per heavy atom. The first-order valence-corrected chi connectivity index (χ1v) is 9.18. The molecule has 1 aliphatic rings. The molecule has 0 aliphatic heterocycles. The fraction of sp³-hybridized carbons (Fsp3) is 0.318. The van der Waals surface area contributed by atoms with Crippen molar-refractivity contribution < 1.29 is 9.47 Å². The predicted molar refractivity (Wildman–Crippen MR) is 104 cm³/mol. The van der Waals surface area contributed by atoms with Crippen LogP contribution < -0.4 is 14.9 Å². The Morgan fingerprint density at radius 3 is 2.54 bits per heavy atom. The summed E-state index contributed by atoms with van der Waals surface area (Å²) in [6.07, 6.45) is 5.02. The molecule has 0 bridgehead atoms. The lowest BCUT2D eigenvalue weighted by atomic mass is 9.99.